The lowest BCUT2D eigenvalue weighted by Gasteiger charge is -2.18. The summed E-state index contributed by atoms with van der Waals surface area (Å²) in [4.78, 5) is 24.4. The van der Waals surface area contributed by atoms with Gasteiger partial charge in [-0.15, -0.1) is 11.8 Å². The van der Waals surface area contributed by atoms with Gasteiger partial charge in [0.05, 0.1) is 31.8 Å². The standard InChI is InChI=1S/C22H28N2O4S/c1-14-6-8-19(15(2)10-14)24-22(26)13-29-12-21(25)23-16(3)18-11-17(27-4)7-9-20(18)28-5/h6-11,16H,12-13H2,1-5H3,(H,23,25)(H,24,26)/t16-/m1/s1. The summed E-state index contributed by atoms with van der Waals surface area (Å²) in [6, 6.07) is 11.1. The lowest BCUT2D eigenvalue weighted by Crippen LogP contribution is -2.29. The van der Waals surface area contributed by atoms with Crippen molar-refractivity contribution in [2.75, 3.05) is 31.0 Å². The average molecular weight is 417 g/mol. The van der Waals surface area contributed by atoms with E-state index in [-0.39, 0.29) is 29.4 Å². The average Bonchev–Trinajstić information content (AvgIpc) is 2.69. The molecule has 0 saturated carbocycles. The summed E-state index contributed by atoms with van der Waals surface area (Å²) in [5.41, 5.74) is 3.79. The highest BCUT2D eigenvalue weighted by Gasteiger charge is 2.16. The van der Waals surface area contributed by atoms with Crippen LogP contribution >= 0.6 is 11.8 Å². The van der Waals surface area contributed by atoms with Crippen molar-refractivity contribution in [3.8, 4) is 11.5 Å². The third-order valence-electron chi connectivity index (χ3n) is 4.40. The zero-order valence-electron chi connectivity index (χ0n) is 17.5. The van der Waals surface area contributed by atoms with Crippen LogP contribution in [-0.2, 0) is 9.59 Å². The maximum absolute atomic E-state index is 12.3. The molecule has 0 saturated heterocycles. The van der Waals surface area contributed by atoms with Crippen molar-refractivity contribution >= 4 is 29.3 Å². The van der Waals surface area contributed by atoms with Crippen molar-refractivity contribution < 1.29 is 19.1 Å². The van der Waals surface area contributed by atoms with Crippen molar-refractivity contribution in [2.45, 2.75) is 26.8 Å². The van der Waals surface area contributed by atoms with Crippen molar-refractivity contribution in [1.82, 2.24) is 5.32 Å². The highest BCUT2D eigenvalue weighted by atomic mass is 32.2. The summed E-state index contributed by atoms with van der Waals surface area (Å²) >= 11 is 1.27. The first-order valence-corrected chi connectivity index (χ1v) is 10.5. The van der Waals surface area contributed by atoms with Crippen LogP contribution in [0.5, 0.6) is 11.5 Å². The van der Waals surface area contributed by atoms with Gasteiger partial charge >= 0.3 is 0 Å². The molecule has 0 aliphatic heterocycles. The molecule has 0 heterocycles. The van der Waals surface area contributed by atoms with Crippen molar-refractivity contribution in [1.29, 1.82) is 0 Å². The molecule has 156 valence electrons. The molecule has 0 radical (unpaired) electrons. The molecule has 0 fully saturated rings. The van der Waals surface area contributed by atoms with Crippen LogP contribution in [0.25, 0.3) is 0 Å². The zero-order chi connectivity index (χ0) is 21.4. The number of carbonyl (C=O) groups is 2. The molecular formula is C22H28N2O4S. The van der Waals surface area contributed by atoms with E-state index in [4.69, 9.17) is 9.47 Å². The van der Waals surface area contributed by atoms with Crippen LogP contribution in [0.1, 0.15) is 29.7 Å². The molecule has 2 aromatic carbocycles. The first kappa shape index (κ1) is 22.6. The molecule has 0 spiro atoms. The lowest BCUT2D eigenvalue weighted by atomic mass is 10.1. The Balaban J connectivity index is 1.83. The number of carbonyl (C=O) groups excluding carboxylic acids is 2. The van der Waals surface area contributed by atoms with E-state index in [2.05, 4.69) is 10.6 Å². The van der Waals surface area contributed by atoms with Crippen LogP contribution in [0.3, 0.4) is 0 Å². The predicted molar refractivity (Wildman–Crippen MR) is 118 cm³/mol. The number of anilines is 1. The van der Waals surface area contributed by atoms with Gasteiger partial charge in [-0.1, -0.05) is 17.7 Å². The highest BCUT2D eigenvalue weighted by molar-refractivity contribution is 8.00. The normalized spacial score (nSPS) is 11.5. The second-order valence-electron chi connectivity index (χ2n) is 6.76. The molecule has 0 aromatic heterocycles. The van der Waals surface area contributed by atoms with E-state index in [1.807, 2.05) is 51.1 Å². The number of benzene rings is 2. The second-order valence-corrected chi connectivity index (χ2v) is 7.74. The van der Waals surface area contributed by atoms with Gasteiger partial charge in [0.1, 0.15) is 11.5 Å². The minimum atomic E-state index is -0.253. The maximum Gasteiger partial charge on any atom is 0.234 e. The molecule has 2 rings (SSSR count). The number of amides is 2. The molecule has 29 heavy (non-hydrogen) atoms. The molecule has 0 bridgehead atoms. The van der Waals surface area contributed by atoms with Gasteiger partial charge in [0.15, 0.2) is 0 Å². The van der Waals surface area contributed by atoms with Gasteiger partial charge in [0.25, 0.3) is 0 Å². The van der Waals surface area contributed by atoms with Gasteiger partial charge in [-0.2, -0.15) is 0 Å². The summed E-state index contributed by atoms with van der Waals surface area (Å²) in [6.45, 7) is 5.85. The van der Waals surface area contributed by atoms with Gasteiger partial charge in [-0.3, -0.25) is 9.59 Å². The summed E-state index contributed by atoms with van der Waals surface area (Å²) < 4.78 is 10.6. The summed E-state index contributed by atoms with van der Waals surface area (Å²) in [5, 5.41) is 5.82. The van der Waals surface area contributed by atoms with Crippen LogP contribution in [0.2, 0.25) is 0 Å². The Morgan fingerprint density at radius 3 is 2.38 bits per heavy atom. The smallest absolute Gasteiger partial charge is 0.234 e. The van der Waals surface area contributed by atoms with Crippen molar-refractivity contribution in [3.05, 3.63) is 53.1 Å². The van der Waals surface area contributed by atoms with Gasteiger partial charge < -0.3 is 20.1 Å². The third-order valence-corrected chi connectivity index (χ3v) is 5.34. The van der Waals surface area contributed by atoms with Crippen LogP contribution in [0.15, 0.2) is 36.4 Å². The Morgan fingerprint density at radius 1 is 1.00 bits per heavy atom. The number of rotatable bonds is 9. The van der Waals surface area contributed by atoms with Gasteiger partial charge in [0, 0.05) is 11.3 Å². The van der Waals surface area contributed by atoms with Crippen LogP contribution in [-0.4, -0.2) is 37.5 Å². The monoisotopic (exact) mass is 416 g/mol. The second kappa shape index (κ2) is 10.8. The molecule has 2 aromatic rings. The van der Waals surface area contributed by atoms with Gasteiger partial charge in [-0.05, 0) is 50.6 Å². The van der Waals surface area contributed by atoms with Crippen LogP contribution < -0.4 is 20.1 Å². The van der Waals surface area contributed by atoms with E-state index in [1.54, 1.807) is 20.3 Å². The highest BCUT2D eigenvalue weighted by Crippen LogP contribution is 2.29. The first-order valence-electron chi connectivity index (χ1n) is 9.30. The molecule has 2 amide bonds. The van der Waals surface area contributed by atoms with E-state index in [9.17, 15) is 9.59 Å². The molecule has 2 N–H and O–H groups in total. The molecule has 6 nitrogen and oxygen atoms in total. The largest absolute Gasteiger partial charge is 0.497 e. The Kier molecular flexibility index (Phi) is 8.39. The van der Waals surface area contributed by atoms with E-state index in [0.717, 1.165) is 22.4 Å². The van der Waals surface area contributed by atoms with E-state index in [0.29, 0.717) is 11.5 Å². The number of methoxy groups -OCH3 is 2. The SMILES string of the molecule is COc1ccc(OC)c([C@@H](C)NC(=O)CSCC(=O)Nc2ccc(C)cc2C)c1. The predicted octanol–water partition coefficient (Wildman–Crippen LogP) is 3.87. The van der Waals surface area contributed by atoms with Gasteiger partial charge in [0.2, 0.25) is 11.8 Å². The first-order chi connectivity index (χ1) is 13.8. The fourth-order valence-corrected chi connectivity index (χ4v) is 3.54. The minimum absolute atomic E-state index is 0.128. The third kappa shape index (κ3) is 6.71. The number of hydrogen-bond acceptors (Lipinski definition) is 5. The number of aryl methyl sites for hydroxylation is 2. The van der Waals surface area contributed by atoms with Gasteiger partial charge in [-0.25, -0.2) is 0 Å². The van der Waals surface area contributed by atoms with E-state index >= 15 is 0 Å². The number of hydrogen-bond donors (Lipinski definition) is 2. The molecule has 0 unspecified atom stereocenters. The summed E-state index contributed by atoms with van der Waals surface area (Å²) in [7, 11) is 3.18. The molecule has 1 atom stereocenters. The Morgan fingerprint density at radius 2 is 1.72 bits per heavy atom. The Labute approximate surface area is 176 Å². The lowest BCUT2D eigenvalue weighted by molar-refractivity contribution is -0.119. The quantitative estimate of drug-likeness (QED) is 0.649. The van der Waals surface area contributed by atoms with Crippen LogP contribution in [0, 0.1) is 13.8 Å². The number of ether oxygens (including phenoxy) is 2. The topological polar surface area (TPSA) is 76.7 Å². The zero-order valence-corrected chi connectivity index (χ0v) is 18.3. The fraction of sp³-hybridized carbons (Fsp3) is 0.364. The van der Waals surface area contributed by atoms with E-state index in [1.165, 1.54) is 11.8 Å². The Hall–Kier alpha value is -2.67. The maximum atomic E-state index is 12.3. The fourth-order valence-electron chi connectivity index (χ4n) is 2.92. The minimum Gasteiger partial charge on any atom is -0.497 e. The van der Waals surface area contributed by atoms with E-state index < -0.39 is 0 Å². The summed E-state index contributed by atoms with van der Waals surface area (Å²) in [5.74, 6) is 1.50. The number of thioether (sulfide) groups is 1. The Bertz CT molecular complexity index is 870. The number of nitrogens with one attached hydrogen (secondary N) is 2. The van der Waals surface area contributed by atoms with Crippen LogP contribution in [0.4, 0.5) is 5.69 Å². The molecule has 0 aliphatic carbocycles. The van der Waals surface area contributed by atoms with Crippen molar-refractivity contribution in [3.63, 3.8) is 0 Å². The molecule has 0 aliphatic rings. The summed E-state index contributed by atoms with van der Waals surface area (Å²) in [6.07, 6.45) is 0. The molecule has 7 heteroatoms. The molecular weight excluding hydrogens is 388 g/mol. The van der Waals surface area contributed by atoms with Crippen molar-refractivity contribution in [2.24, 2.45) is 0 Å².